The number of carbonyl (C=O) groups excluding carboxylic acids is 1. The quantitative estimate of drug-likeness (QED) is 0.705. The van der Waals surface area contributed by atoms with Crippen molar-refractivity contribution >= 4 is 19.2 Å². The van der Waals surface area contributed by atoms with Gasteiger partial charge in [0, 0.05) is 0 Å². The molecule has 0 aliphatic heterocycles. The van der Waals surface area contributed by atoms with Crippen LogP contribution in [0.3, 0.4) is 0 Å². The third-order valence-electron chi connectivity index (χ3n) is 3.49. The molecule has 0 spiro atoms. The van der Waals surface area contributed by atoms with Gasteiger partial charge >= 0.3 is 0 Å². The second-order valence-electron chi connectivity index (χ2n) is 4.80. The Morgan fingerprint density at radius 1 is 0.760 bits per heavy atom. The minimum atomic E-state index is -0.438. The van der Waals surface area contributed by atoms with Gasteiger partial charge in [-0.3, -0.25) is 4.79 Å². The molecule has 0 amide bonds. The van der Waals surface area contributed by atoms with E-state index in [1.165, 1.54) is 28.4 Å². The van der Waals surface area contributed by atoms with Crippen molar-refractivity contribution in [1.29, 1.82) is 0 Å². The summed E-state index contributed by atoms with van der Waals surface area (Å²) in [6, 6.07) is 9.96. The zero-order valence-electron chi connectivity index (χ0n) is 14.4. The van der Waals surface area contributed by atoms with Crippen LogP contribution in [0.5, 0.6) is 23.0 Å². The topological polar surface area (TPSA) is 77.1 Å². The minimum Gasteiger partial charge on any atom is -0.823 e. The number of methoxy groups -OCH3 is 4. The molecule has 0 aliphatic carbocycles. The molecular formula is C18H18O6P-. The van der Waals surface area contributed by atoms with Crippen LogP contribution < -0.4 is 24.1 Å². The van der Waals surface area contributed by atoms with Crippen LogP contribution in [0.2, 0.25) is 0 Å². The number of benzene rings is 2. The Morgan fingerprint density at radius 2 is 1.12 bits per heavy atom. The molecular weight excluding hydrogens is 343 g/mol. The van der Waals surface area contributed by atoms with E-state index in [0.717, 1.165) is 0 Å². The van der Waals surface area contributed by atoms with E-state index in [9.17, 15) is 9.90 Å². The van der Waals surface area contributed by atoms with Gasteiger partial charge in [-0.15, -0.1) is 0 Å². The highest BCUT2D eigenvalue weighted by atomic mass is 31.1. The monoisotopic (exact) mass is 361 g/mol. The molecule has 0 bridgehead atoms. The van der Waals surface area contributed by atoms with Crippen molar-refractivity contribution in [1.82, 2.24) is 0 Å². The van der Waals surface area contributed by atoms with Gasteiger partial charge in [-0.05, 0) is 32.5 Å². The lowest BCUT2D eigenvalue weighted by Crippen LogP contribution is -2.19. The summed E-state index contributed by atoms with van der Waals surface area (Å²) in [6.07, 6.45) is 0. The smallest absolute Gasteiger partial charge is 0.217 e. The molecule has 0 N–H and O–H groups in total. The summed E-state index contributed by atoms with van der Waals surface area (Å²) in [4.78, 5) is 12.7. The molecule has 0 saturated heterocycles. The summed E-state index contributed by atoms with van der Waals surface area (Å²) in [6.45, 7) is 0. The predicted molar refractivity (Wildman–Crippen MR) is 94.5 cm³/mol. The number of ether oxygens (including phenoxy) is 4. The maximum atomic E-state index is 12.7. The van der Waals surface area contributed by atoms with E-state index in [1.54, 1.807) is 36.4 Å². The third-order valence-corrected chi connectivity index (χ3v) is 4.34. The van der Waals surface area contributed by atoms with Crippen LogP contribution in [0.1, 0.15) is 15.9 Å². The Hall–Kier alpha value is -2.56. The molecule has 0 fully saturated rings. The van der Waals surface area contributed by atoms with Crippen LogP contribution in [-0.2, 0) is 0 Å². The minimum absolute atomic E-state index is 0.0697. The van der Waals surface area contributed by atoms with Crippen molar-refractivity contribution in [3.05, 3.63) is 47.5 Å². The molecule has 6 nitrogen and oxygen atoms in total. The van der Waals surface area contributed by atoms with Crippen molar-refractivity contribution in [3.8, 4) is 23.0 Å². The number of hydrogen-bond donors (Lipinski definition) is 0. The van der Waals surface area contributed by atoms with Gasteiger partial charge in [-0.2, -0.15) is 0 Å². The lowest BCUT2D eigenvalue weighted by atomic mass is 10.2. The second-order valence-corrected chi connectivity index (χ2v) is 5.83. The Balaban J connectivity index is 2.54. The zero-order chi connectivity index (χ0) is 18.4. The van der Waals surface area contributed by atoms with E-state index >= 15 is 0 Å². The highest BCUT2D eigenvalue weighted by Gasteiger charge is 2.18. The van der Waals surface area contributed by atoms with Crippen LogP contribution in [0.4, 0.5) is 0 Å². The Morgan fingerprint density at radius 3 is 1.48 bits per heavy atom. The predicted octanol–water partition coefficient (Wildman–Crippen LogP) is 2.35. The molecule has 2 aromatic carbocycles. The van der Waals surface area contributed by atoms with Crippen molar-refractivity contribution < 1.29 is 28.8 Å². The first kappa shape index (κ1) is 18.8. The molecule has 25 heavy (non-hydrogen) atoms. The van der Waals surface area contributed by atoms with Crippen LogP contribution in [0, 0.1) is 0 Å². The largest absolute Gasteiger partial charge is 0.823 e. The van der Waals surface area contributed by atoms with E-state index in [1.807, 2.05) is 0 Å². The normalized spacial score (nSPS) is 11.0. The first-order chi connectivity index (χ1) is 12.1. The van der Waals surface area contributed by atoms with E-state index in [2.05, 4.69) is 0 Å². The summed E-state index contributed by atoms with van der Waals surface area (Å²) in [5.74, 6) is 1.38. The van der Waals surface area contributed by atoms with Crippen molar-refractivity contribution in [2.45, 2.75) is 0 Å². The molecule has 0 aliphatic rings. The SMILES string of the molecule is COc1cccc(OC)c1C(=O)P=C([O-])c1c(OC)cccc1OC. The zero-order valence-corrected chi connectivity index (χ0v) is 15.3. The second kappa shape index (κ2) is 8.51. The Bertz CT molecular complexity index is 756. The van der Waals surface area contributed by atoms with Gasteiger partial charge in [0.2, 0.25) is 5.52 Å². The van der Waals surface area contributed by atoms with E-state index in [0.29, 0.717) is 23.0 Å². The first-order valence-electron chi connectivity index (χ1n) is 7.29. The maximum absolute atomic E-state index is 12.7. The van der Waals surface area contributed by atoms with Crippen LogP contribution in [0.15, 0.2) is 36.4 Å². The van der Waals surface area contributed by atoms with E-state index < -0.39 is 11.0 Å². The van der Waals surface area contributed by atoms with Gasteiger partial charge in [0.1, 0.15) is 28.6 Å². The van der Waals surface area contributed by atoms with Crippen LogP contribution >= 0.6 is 8.20 Å². The molecule has 0 heterocycles. The molecule has 2 rings (SSSR count). The van der Waals surface area contributed by atoms with Gasteiger partial charge < -0.3 is 24.1 Å². The van der Waals surface area contributed by atoms with E-state index in [4.69, 9.17) is 18.9 Å². The summed E-state index contributed by atoms with van der Waals surface area (Å²) < 4.78 is 20.9. The Kier molecular flexibility index (Phi) is 6.39. The molecule has 0 saturated carbocycles. The summed E-state index contributed by atoms with van der Waals surface area (Å²) in [5, 5.41) is 12.7. The molecule has 0 unspecified atom stereocenters. The maximum Gasteiger partial charge on any atom is 0.217 e. The van der Waals surface area contributed by atoms with Gasteiger partial charge in [0.25, 0.3) is 0 Å². The van der Waals surface area contributed by atoms with Crippen molar-refractivity contribution in [2.75, 3.05) is 28.4 Å². The van der Waals surface area contributed by atoms with Gasteiger partial charge in [-0.1, -0.05) is 17.6 Å². The standard InChI is InChI=1S/C18H19O6P/c1-21-11-7-5-8-12(22-2)15(11)17(19)25-18(20)16-13(23-3)9-6-10-14(16)24-4/h5-10,19H,1-4H3/p-1. The molecule has 2 aromatic rings. The lowest BCUT2D eigenvalue weighted by molar-refractivity contribution is -0.207. The molecule has 0 radical (unpaired) electrons. The first-order valence-corrected chi connectivity index (χ1v) is 8.19. The fourth-order valence-corrected chi connectivity index (χ4v) is 3.18. The fourth-order valence-electron chi connectivity index (χ4n) is 2.33. The van der Waals surface area contributed by atoms with Crippen molar-refractivity contribution in [3.63, 3.8) is 0 Å². The number of rotatable bonds is 7. The van der Waals surface area contributed by atoms with E-state index in [-0.39, 0.29) is 19.3 Å². The molecule has 0 atom stereocenters. The highest BCUT2D eigenvalue weighted by Crippen LogP contribution is 2.34. The average molecular weight is 361 g/mol. The van der Waals surface area contributed by atoms with Crippen LogP contribution in [0.25, 0.3) is 0 Å². The molecule has 132 valence electrons. The Labute approximate surface area is 147 Å². The molecule has 7 heteroatoms. The molecule has 0 aromatic heterocycles. The third kappa shape index (κ3) is 3.92. The van der Waals surface area contributed by atoms with Crippen molar-refractivity contribution in [2.24, 2.45) is 0 Å². The summed E-state index contributed by atoms with van der Waals surface area (Å²) >= 11 is 0. The number of hydrogen-bond acceptors (Lipinski definition) is 6. The van der Waals surface area contributed by atoms with Crippen LogP contribution in [-0.4, -0.2) is 39.4 Å². The highest BCUT2D eigenvalue weighted by molar-refractivity contribution is 7.60. The van der Waals surface area contributed by atoms with Gasteiger partial charge in [0.15, 0.2) is 0 Å². The summed E-state index contributed by atoms with van der Waals surface area (Å²) in [5.41, 5.74) is -0.438. The van der Waals surface area contributed by atoms with Gasteiger partial charge in [-0.25, -0.2) is 0 Å². The summed E-state index contributed by atoms with van der Waals surface area (Å²) in [7, 11) is 5.74. The average Bonchev–Trinajstić information content (AvgIpc) is 2.65. The lowest BCUT2D eigenvalue weighted by Gasteiger charge is -2.19. The van der Waals surface area contributed by atoms with Gasteiger partial charge in [0.05, 0.1) is 34.0 Å². The fraction of sp³-hybridized carbons (Fsp3) is 0.222. The number of carbonyl (C=O) groups is 1.